The van der Waals surface area contributed by atoms with E-state index in [1.54, 1.807) is 23.6 Å². The lowest BCUT2D eigenvalue weighted by atomic mass is 10.1. The highest BCUT2D eigenvalue weighted by atomic mass is 32.2. The molecule has 0 aliphatic heterocycles. The Morgan fingerprint density at radius 1 is 1.19 bits per heavy atom. The van der Waals surface area contributed by atoms with Gasteiger partial charge in [0.2, 0.25) is 5.91 Å². The molecular weight excluding hydrogens is 465 g/mol. The molecule has 4 rings (SSSR count). The molecule has 0 unspecified atom stereocenters. The third kappa shape index (κ3) is 4.71. The first-order valence-corrected chi connectivity index (χ1v) is 11.4. The second kappa shape index (κ2) is 8.66. The van der Waals surface area contributed by atoms with Gasteiger partial charge in [-0.25, -0.2) is 9.97 Å². The van der Waals surface area contributed by atoms with Crippen molar-refractivity contribution < 1.29 is 18.0 Å². The van der Waals surface area contributed by atoms with Crippen LogP contribution in [0, 0.1) is 11.3 Å². The number of thiazole rings is 1. The van der Waals surface area contributed by atoms with Crippen molar-refractivity contribution >= 4 is 55.7 Å². The van der Waals surface area contributed by atoms with E-state index in [1.165, 1.54) is 22.7 Å². The summed E-state index contributed by atoms with van der Waals surface area (Å²) in [5, 5.41) is 14.0. The number of carbonyl (C=O) groups is 1. The molecule has 5 nitrogen and oxygen atoms in total. The Kier molecular flexibility index (Phi) is 5.95. The predicted molar refractivity (Wildman–Crippen MR) is 116 cm³/mol. The molecule has 4 aromatic rings. The Labute approximate surface area is 186 Å². The lowest BCUT2D eigenvalue weighted by Crippen LogP contribution is -2.15. The van der Waals surface area contributed by atoms with Crippen LogP contribution < -0.4 is 5.32 Å². The van der Waals surface area contributed by atoms with E-state index in [4.69, 9.17) is 0 Å². The number of alkyl halides is 3. The van der Waals surface area contributed by atoms with E-state index in [0.717, 1.165) is 28.0 Å². The number of benzene rings is 1. The number of hydrogen-bond acceptors (Lipinski definition) is 7. The maximum absolute atomic E-state index is 13.6. The molecule has 156 valence electrons. The summed E-state index contributed by atoms with van der Waals surface area (Å²) in [6.07, 6.45) is -4.72. The molecule has 1 aromatic carbocycles. The van der Waals surface area contributed by atoms with Crippen LogP contribution in [0.3, 0.4) is 0 Å². The van der Waals surface area contributed by atoms with E-state index in [1.807, 2.05) is 24.3 Å². The van der Waals surface area contributed by atoms with Gasteiger partial charge in [-0.2, -0.15) is 18.4 Å². The summed E-state index contributed by atoms with van der Waals surface area (Å²) in [5.41, 5.74) is -0.814. The summed E-state index contributed by atoms with van der Waals surface area (Å²) in [6.45, 7) is 0. The maximum atomic E-state index is 13.6. The van der Waals surface area contributed by atoms with Crippen LogP contribution in [-0.2, 0) is 11.0 Å². The summed E-state index contributed by atoms with van der Waals surface area (Å²) in [6, 6.07) is 13.2. The van der Waals surface area contributed by atoms with Crippen molar-refractivity contribution in [2.24, 2.45) is 0 Å². The van der Waals surface area contributed by atoms with E-state index < -0.39 is 23.2 Å². The van der Waals surface area contributed by atoms with Gasteiger partial charge in [-0.3, -0.25) is 4.79 Å². The van der Waals surface area contributed by atoms with Crippen molar-refractivity contribution in [3.8, 4) is 16.6 Å². The van der Waals surface area contributed by atoms with Crippen molar-refractivity contribution in [2.75, 3.05) is 11.1 Å². The normalized spacial score (nSPS) is 11.4. The molecule has 0 fully saturated rings. The standard InChI is InChI=1S/C20H11F3N4OS3/c21-20(22,23)12-8-14(15-6-3-7-29-15)25-18(11(12)9-24)30-10-17(28)27-19-26-13-4-1-2-5-16(13)31-19/h1-8H,10H2,(H,26,27,28). The Morgan fingerprint density at radius 2 is 2.00 bits per heavy atom. The van der Waals surface area contributed by atoms with E-state index in [9.17, 15) is 23.2 Å². The number of amides is 1. The number of thiophene rings is 1. The minimum Gasteiger partial charge on any atom is -0.301 e. The highest BCUT2D eigenvalue weighted by Crippen LogP contribution is 2.38. The second-order valence-electron chi connectivity index (χ2n) is 6.15. The first kappa shape index (κ1) is 21.3. The van der Waals surface area contributed by atoms with Gasteiger partial charge in [0.1, 0.15) is 11.1 Å². The van der Waals surface area contributed by atoms with Crippen molar-refractivity contribution in [3.63, 3.8) is 0 Å². The summed E-state index contributed by atoms with van der Waals surface area (Å²) in [5.74, 6) is -0.673. The number of aromatic nitrogens is 2. The molecule has 3 heterocycles. The van der Waals surface area contributed by atoms with E-state index >= 15 is 0 Å². The van der Waals surface area contributed by atoms with Gasteiger partial charge in [0.25, 0.3) is 0 Å². The highest BCUT2D eigenvalue weighted by molar-refractivity contribution is 8.00. The van der Waals surface area contributed by atoms with E-state index in [2.05, 4.69) is 15.3 Å². The molecule has 0 saturated heterocycles. The zero-order valence-electron chi connectivity index (χ0n) is 15.4. The lowest BCUT2D eigenvalue weighted by molar-refractivity contribution is -0.138. The van der Waals surface area contributed by atoms with Gasteiger partial charge >= 0.3 is 6.18 Å². The number of pyridine rings is 1. The highest BCUT2D eigenvalue weighted by Gasteiger charge is 2.36. The van der Waals surface area contributed by atoms with Gasteiger partial charge in [0.15, 0.2) is 5.13 Å². The van der Waals surface area contributed by atoms with Crippen LogP contribution in [0.1, 0.15) is 11.1 Å². The van der Waals surface area contributed by atoms with Gasteiger partial charge in [0.05, 0.1) is 37.7 Å². The fourth-order valence-electron chi connectivity index (χ4n) is 2.72. The average Bonchev–Trinajstić information content (AvgIpc) is 3.40. The third-order valence-electron chi connectivity index (χ3n) is 4.06. The Hall–Kier alpha value is -2.94. The molecule has 1 amide bonds. The number of thioether (sulfide) groups is 1. The minimum atomic E-state index is -4.72. The molecule has 0 atom stereocenters. The molecule has 11 heteroatoms. The maximum Gasteiger partial charge on any atom is 0.417 e. The first-order valence-electron chi connectivity index (χ1n) is 8.69. The minimum absolute atomic E-state index is 0.107. The Bertz CT molecular complexity index is 1260. The molecule has 0 aliphatic carbocycles. The molecule has 0 aliphatic rings. The number of anilines is 1. The number of nitrogens with zero attached hydrogens (tertiary/aromatic N) is 3. The number of carbonyl (C=O) groups excluding carboxylic acids is 1. The smallest absolute Gasteiger partial charge is 0.301 e. The fraction of sp³-hybridized carbons (Fsp3) is 0.100. The van der Waals surface area contributed by atoms with Gasteiger partial charge in [-0.05, 0) is 29.6 Å². The molecule has 0 radical (unpaired) electrons. The molecule has 0 saturated carbocycles. The second-order valence-corrected chi connectivity index (χ2v) is 9.09. The monoisotopic (exact) mass is 476 g/mol. The van der Waals surface area contributed by atoms with Crippen LogP contribution in [0.25, 0.3) is 20.8 Å². The van der Waals surface area contributed by atoms with Crippen LogP contribution in [0.4, 0.5) is 18.3 Å². The van der Waals surface area contributed by atoms with Crippen LogP contribution >= 0.6 is 34.4 Å². The van der Waals surface area contributed by atoms with Gasteiger partial charge in [0, 0.05) is 0 Å². The lowest BCUT2D eigenvalue weighted by Gasteiger charge is -2.13. The average molecular weight is 477 g/mol. The summed E-state index contributed by atoms with van der Waals surface area (Å²) >= 11 is 3.31. The van der Waals surface area contributed by atoms with Crippen LogP contribution in [0.15, 0.2) is 52.9 Å². The van der Waals surface area contributed by atoms with Crippen LogP contribution in [0.2, 0.25) is 0 Å². The molecule has 0 bridgehead atoms. The van der Waals surface area contributed by atoms with Gasteiger partial charge in [-0.1, -0.05) is 41.3 Å². The zero-order chi connectivity index (χ0) is 22.0. The number of rotatable bonds is 5. The van der Waals surface area contributed by atoms with Gasteiger partial charge < -0.3 is 5.32 Å². The summed E-state index contributed by atoms with van der Waals surface area (Å²) < 4.78 is 41.6. The van der Waals surface area contributed by atoms with Crippen molar-refractivity contribution in [1.29, 1.82) is 5.26 Å². The number of nitriles is 1. The van der Waals surface area contributed by atoms with Gasteiger partial charge in [-0.15, -0.1) is 11.3 Å². The quantitative estimate of drug-likeness (QED) is 0.355. The third-order valence-corrected chi connectivity index (χ3v) is 6.88. The van der Waals surface area contributed by atoms with Crippen molar-refractivity contribution in [1.82, 2.24) is 9.97 Å². The predicted octanol–water partition coefficient (Wildman–Crippen LogP) is 6.04. The first-order chi connectivity index (χ1) is 14.8. The number of nitrogens with one attached hydrogen (secondary N) is 1. The molecule has 1 N–H and O–H groups in total. The van der Waals surface area contributed by atoms with E-state index in [-0.39, 0.29) is 16.5 Å². The number of halogens is 3. The summed E-state index contributed by atoms with van der Waals surface area (Å²) in [7, 11) is 0. The largest absolute Gasteiger partial charge is 0.417 e. The number of para-hydroxylation sites is 1. The zero-order valence-corrected chi connectivity index (χ0v) is 17.9. The fourth-order valence-corrected chi connectivity index (χ4v) is 5.09. The SMILES string of the molecule is N#Cc1c(C(F)(F)F)cc(-c2cccs2)nc1SCC(=O)Nc1nc2ccccc2s1. The molecule has 3 aromatic heterocycles. The molecule has 31 heavy (non-hydrogen) atoms. The topological polar surface area (TPSA) is 78.7 Å². The van der Waals surface area contributed by atoms with Crippen LogP contribution in [0.5, 0.6) is 0 Å². The van der Waals surface area contributed by atoms with E-state index in [0.29, 0.717) is 10.0 Å². The van der Waals surface area contributed by atoms with Crippen molar-refractivity contribution in [2.45, 2.75) is 11.2 Å². The number of hydrogen-bond donors (Lipinski definition) is 1. The molecular formula is C20H11F3N4OS3. The number of fused-ring (bicyclic) bond motifs is 1. The molecule has 0 spiro atoms. The Balaban J connectivity index is 1.58. The Morgan fingerprint density at radius 3 is 2.68 bits per heavy atom. The summed E-state index contributed by atoms with van der Waals surface area (Å²) in [4.78, 5) is 21.4. The van der Waals surface area contributed by atoms with Crippen molar-refractivity contribution in [3.05, 3.63) is 59.0 Å². The van der Waals surface area contributed by atoms with Crippen LogP contribution in [-0.4, -0.2) is 21.6 Å².